The lowest BCUT2D eigenvalue weighted by atomic mass is 10.2. The van der Waals surface area contributed by atoms with Gasteiger partial charge in [-0.2, -0.15) is 0 Å². The molecule has 1 fully saturated rings. The Balaban J connectivity index is 0.00000225. The average Bonchev–Trinajstić information content (AvgIpc) is 2.69. The van der Waals surface area contributed by atoms with Gasteiger partial charge in [-0.15, -0.1) is 24.8 Å². The van der Waals surface area contributed by atoms with Gasteiger partial charge < -0.3 is 28.4 Å². The highest BCUT2D eigenvalue weighted by atomic mass is 35.5. The standard InChI is InChI=1S/C21H30N2O5.2ClH/c1-4-25-17-15-16-7-8-18(24)28-19(16)21(20(17)26-5-2)27-14-6-9-23-12-10-22(3)11-13-23;;/h7-8,15H,4-6,9-14H2,1-3H3;2*1H. The van der Waals surface area contributed by atoms with Crippen LogP contribution in [-0.2, 0) is 0 Å². The highest BCUT2D eigenvalue weighted by Crippen LogP contribution is 2.43. The van der Waals surface area contributed by atoms with E-state index < -0.39 is 5.63 Å². The third-order valence-electron chi connectivity index (χ3n) is 4.84. The maximum atomic E-state index is 11.8. The fourth-order valence-corrected chi connectivity index (χ4v) is 3.35. The number of halogens is 2. The molecule has 0 spiro atoms. The van der Waals surface area contributed by atoms with Crippen LogP contribution < -0.4 is 19.8 Å². The van der Waals surface area contributed by atoms with Crippen molar-refractivity contribution in [1.82, 2.24) is 9.80 Å². The van der Waals surface area contributed by atoms with Gasteiger partial charge in [0, 0.05) is 44.2 Å². The predicted molar refractivity (Wildman–Crippen MR) is 123 cm³/mol. The van der Waals surface area contributed by atoms with Gasteiger partial charge in [0.25, 0.3) is 0 Å². The van der Waals surface area contributed by atoms with Crippen LogP contribution in [0.15, 0.2) is 27.4 Å². The van der Waals surface area contributed by atoms with Crippen molar-refractivity contribution in [3.63, 3.8) is 0 Å². The number of piperazine rings is 1. The highest BCUT2D eigenvalue weighted by Gasteiger charge is 2.20. The van der Waals surface area contributed by atoms with Gasteiger partial charge in [0.15, 0.2) is 11.3 Å². The Labute approximate surface area is 190 Å². The second-order valence-electron chi connectivity index (χ2n) is 6.92. The summed E-state index contributed by atoms with van der Waals surface area (Å²) in [5, 5.41) is 0.751. The van der Waals surface area contributed by atoms with E-state index in [1.807, 2.05) is 19.9 Å². The van der Waals surface area contributed by atoms with Crippen LogP contribution in [0, 0.1) is 0 Å². The van der Waals surface area contributed by atoms with E-state index in [-0.39, 0.29) is 24.8 Å². The molecule has 7 nitrogen and oxygen atoms in total. The second kappa shape index (κ2) is 12.9. The Morgan fingerprint density at radius 3 is 2.33 bits per heavy atom. The van der Waals surface area contributed by atoms with Crippen LogP contribution in [0.25, 0.3) is 11.0 Å². The minimum absolute atomic E-state index is 0. The largest absolute Gasteiger partial charge is 0.490 e. The number of nitrogens with zero attached hydrogens (tertiary/aromatic N) is 2. The molecule has 1 aliphatic rings. The van der Waals surface area contributed by atoms with Crippen LogP contribution in [-0.4, -0.2) is 69.4 Å². The Kier molecular flexibility index (Phi) is 11.3. The minimum Gasteiger partial charge on any atom is -0.490 e. The molecule has 30 heavy (non-hydrogen) atoms. The summed E-state index contributed by atoms with van der Waals surface area (Å²) in [4.78, 5) is 16.6. The third-order valence-corrected chi connectivity index (χ3v) is 4.84. The van der Waals surface area contributed by atoms with Gasteiger partial charge >= 0.3 is 5.63 Å². The Morgan fingerprint density at radius 2 is 1.67 bits per heavy atom. The zero-order valence-electron chi connectivity index (χ0n) is 17.8. The number of ether oxygens (including phenoxy) is 3. The summed E-state index contributed by atoms with van der Waals surface area (Å²) in [6, 6.07) is 4.94. The number of hydrogen-bond acceptors (Lipinski definition) is 7. The zero-order chi connectivity index (χ0) is 19.9. The lowest BCUT2D eigenvalue weighted by Crippen LogP contribution is -2.44. The number of rotatable bonds is 9. The van der Waals surface area contributed by atoms with Crippen molar-refractivity contribution >= 4 is 35.8 Å². The van der Waals surface area contributed by atoms with E-state index in [1.54, 1.807) is 6.07 Å². The van der Waals surface area contributed by atoms with Crippen LogP contribution in [0.4, 0.5) is 0 Å². The van der Waals surface area contributed by atoms with E-state index in [1.165, 1.54) is 6.07 Å². The molecule has 0 radical (unpaired) electrons. The Bertz CT molecular complexity index is 838. The van der Waals surface area contributed by atoms with Gasteiger partial charge in [-0.25, -0.2) is 4.79 Å². The first-order valence-corrected chi connectivity index (χ1v) is 10.0. The monoisotopic (exact) mass is 462 g/mol. The van der Waals surface area contributed by atoms with Crippen molar-refractivity contribution in [1.29, 1.82) is 0 Å². The van der Waals surface area contributed by atoms with E-state index in [9.17, 15) is 4.79 Å². The third kappa shape index (κ3) is 6.67. The molecule has 0 amide bonds. The molecule has 2 heterocycles. The quantitative estimate of drug-likeness (QED) is 0.417. The number of fused-ring (bicyclic) bond motifs is 1. The number of hydrogen-bond donors (Lipinski definition) is 0. The molecule has 0 N–H and O–H groups in total. The van der Waals surface area contributed by atoms with Gasteiger partial charge in [0.1, 0.15) is 0 Å². The van der Waals surface area contributed by atoms with Crippen molar-refractivity contribution < 1.29 is 18.6 Å². The first kappa shape index (κ1) is 26.4. The summed E-state index contributed by atoms with van der Waals surface area (Å²) < 4.78 is 23.1. The first-order chi connectivity index (χ1) is 13.6. The Morgan fingerprint density at radius 1 is 0.967 bits per heavy atom. The fourth-order valence-electron chi connectivity index (χ4n) is 3.35. The van der Waals surface area contributed by atoms with Gasteiger partial charge in [0.05, 0.1) is 19.8 Å². The van der Waals surface area contributed by atoms with Gasteiger partial charge in [-0.05, 0) is 39.4 Å². The van der Waals surface area contributed by atoms with Crippen molar-refractivity contribution in [3.05, 3.63) is 28.6 Å². The number of likely N-dealkylation sites (N-methyl/N-ethyl adjacent to an activating group) is 1. The lowest BCUT2D eigenvalue weighted by Gasteiger charge is -2.32. The summed E-state index contributed by atoms with van der Waals surface area (Å²) in [5.41, 5.74) is -0.0135. The molecule has 3 rings (SSSR count). The minimum atomic E-state index is -0.415. The van der Waals surface area contributed by atoms with E-state index in [0.717, 1.165) is 44.5 Å². The SMILES string of the molecule is CCOc1cc2ccc(=O)oc2c(OCCCN2CCN(C)CC2)c1OCC.Cl.Cl. The normalized spacial score (nSPS) is 14.6. The smallest absolute Gasteiger partial charge is 0.336 e. The van der Waals surface area contributed by atoms with Gasteiger partial charge in [-0.3, -0.25) is 0 Å². The van der Waals surface area contributed by atoms with Crippen molar-refractivity contribution in [2.24, 2.45) is 0 Å². The van der Waals surface area contributed by atoms with Crippen molar-refractivity contribution in [2.45, 2.75) is 20.3 Å². The van der Waals surface area contributed by atoms with Gasteiger partial charge in [0.2, 0.25) is 11.5 Å². The molecule has 1 saturated heterocycles. The molecule has 1 aromatic heterocycles. The summed E-state index contributed by atoms with van der Waals surface area (Å²) in [7, 11) is 2.15. The maximum absolute atomic E-state index is 11.8. The van der Waals surface area contributed by atoms with Crippen LogP contribution in [0.5, 0.6) is 17.2 Å². The fraction of sp³-hybridized carbons (Fsp3) is 0.571. The first-order valence-electron chi connectivity index (χ1n) is 10.0. The molecule has 1 aromatic carbocycles. The lowest BCUT2D eigenvalue weighted by molar-refractivity contribution is 0.145. The van der Waals surface area contributed by atoms with E-state index in [2.05, 4.69) is 16.8 Å². The molecule has 1 aliphatic heterocycles. The molecular formula is C21H32Cl2N2O5. The average molecular weight is 463 g/mol. The molecule has 0 saturated carbocycles. The zero-order valence-corrected chi connectivity index (χ0v) is 19.5. The summed E-state index contributed by atoms with van der Waals surface area (Å²) in [6.45, 7) is 10.6. The molecule has 170 valence electrons. The van der Waals surface area contributed by atoms with Crippen LogP contribution in [0.2, 0.25) is 0 Å². The Hall–Kier alpha value is -1.67. The molecular weight excluding hydrogens is 431 g/mol. The maximum Gasteiger partial charge on any atom is 0.336 e. The van der Waals surface area contributed by atoms with Crippen LogP contribution in [0.3, 0.4) is 0 Å². The van der Waals surface area contributed by atoms with E-state index in [4.69, 9.17) is 18.6 Å². The molecule has 2 aromatic rings. The second-order valence-corrected chi connectivity index (χ2v) is 6.92. The predicted octanol–water partition coefficient (Wildman–Crippen LogP) is 3.45. The number of benzene rings is 1. The van der Waals surface area contributed by atoms with Crippen LogP contribution >= 0.6 is 24.8 Å². The van der Waals surface area contributed by atoms with Crippen LogP contribution in [0.1, 0.15) is 20.3 Å². The molecule has 0 aliphatic carbocycles. The van der Waals surface area contributed by atoms with Crippen molar-refractivity contribution in [3.8, 4) is 17.2 Å². The van der Waals surface area contributed by atoms with E-state index in [0.29, 0.717) is 42.7 Å². The highest BCUT2D eigenvalue weighted by molar-refractivity contribution is 5.88. The van der Waals surface area contributed by atoms with Gasteiger partial charge in [-0.1, -0.05) is 0 Å². The summed E-state index contributed by atoms with van der Waals surface area (Å²) in [6.07, 6.45) is 0.882. The topological polar surface area (TPSA) is 64.4 Å². The molecule has 0 atom stereocenters. The van der Waals surface area contributed by atoms with E-state index >= 15 is 0 Å². The molecule has 0 unspecified atom stereocenters. The summed E-state index contributed by atoms with van der Waals surface area (Å²) in [5.74, 6) is 1.53. The molecule has 9 heteroatoms. The molecule has 0 bridgehead atoms. The summed E-state index contributed by atoms with van der Waals surface area (Å²) >= 11 is 0. The van der Waals surface area contributed by atoms with Crippen molar-refractivity contribution in [2.75, 3.05) is 59.6 Å².